The van der Waals surface area contributed by atoms with E-state index in [9.17, 15) is 8.42 Å². The lowest BCUT2D eigenvalue weighted by Crippen LogP contribution is -2.39. The topological polar surface area (TPSA) is 55.8 Å². The molecule has 5 nitrogen and oxygen atoms in total. The summed E-state index contributed by atoms with van der Waals surface area (Å²) in [6.07, 6.45) is -0.0651. The number of morpholine rings is 1. The molecule has 4 rings (SSSR count). The van der Waals surface area contributed by atoms with E-state index in [0.717, 1.165) is 18.7 Å². The van der Waals surface area contributed by atoms with Crippen LogP contribution in [-0.4, -0.2) is 33.0 Å². The minimum Gasteiger partial charge on any atom is -0.379 e. The number of ether oxygens (including phenoxy) is 1. The van der Waals surface area contributed by atoms with Crippen molar-refractivity contribution in [1.29, 1.82) is 0 Å². The fourth-order valence-electron chi connectivity index (χ4n) is 3.66. The van der Waals surface area contributed by atoms with Gasteiger partial charge in [-0.3, -0.25) is 4.90 Å². The lowest BCUT2D eigenvalue weighted by atomic mass is 10.0. The molecule has 0 aromatic heterocycles. The molecule has 1 heterocycles. The Labute approximate surface area is 178 Å². The van der Waals surface area contributed by atoms with Crippen LogP contribution in [0.2, 0.25) is 0 Å². The molecule has 0 unspecified atom stereocenters. The first-order valence-corrected chi connectivity index (χ1v) is 11.4. The molecule has 156 valence electrons. The van der Waals surface area contributed by atoms with Gasteiger partial charge in [0.2, 0.25) is 0 Å². The minimum atomic E-state index is -3.84. The minimum absolute atomic E-state index is 0.0651. The van der Waals surface area contributed by atoms with E-state index in [1.165, 1.54) is 17.7 Å². The van der Waals surface area contributed by atoms with E-state index in [0.29, 0.717) is 12.6 Å². The Bertz CT molecular complexity index is 1050. The van der Waals surface area contributed by atoms with Crippen LogP contribution in [0.25, 0.3) is 0 Å². The van der Waals surface area contributed by atoms with Crippen molar-refractivity contribution in [1.82, 2.24) is 4.90 Å². The first kappa shape index (κ1) is 20.6. The predicted molar refractivity (Wildman–Crippen MR) is 116 cm³/mol. The monoisotopic (exact) mass is 423 g/mol. The highest BCUT2D eigenvalue weighted by Gasteiger charge is 2.26. The van der Waals surface area contributed by atoms with E-state index in [-0.39, 0.29) is 16.7 Å². The van der Waals surface area contributed by atoms with Gasteiger partial charge in [0.1, 0.15) is 10.6 Å². The zero-order valence-electron chi connectivity index (χ0n) is 16.8. The fourth-order valence-corrected chi connectivity index (χ4v) is 4.62. The van der Waals surface area contributed by atoms with Crippen molar-refractivity contribution in [3.8, 4) is 5.75 Å². The maximum atomic E-state index is 12.4. The van der Waals surface area contributed by atoms with Crippen LogP contribution in [-0.2, 0) is 14.9 Å². The molecule has 0 radical (unpaired) electrons. The number of benzene rings is 3. The Kier molecular flexibility index (Phi) is 6.18. The summed E-state index contributed by atoms with van der Waals surface area (Å²) in [6.45, 7) is 4.52. The third-order valence-electron chi connectivity index (χ3n) is 5.42. The normalized spacial score (nSPS) is 18.6. The van der Waals surface area contributed by atoms with Gasteiger partial charge in [0, 0.05) is 19.1 Å². The van der Waals surface area contributed by atoms with Gasteiger partial charge < -0.3 is 8.92 Å². The van der Waals surface area contributed by atoms with Crippen molar-refractivity contribution in [2.45, 2.75) is 24.0 Å². The second-order valence-corrected chi connectivity index (χ2v) is 8.91. The number of nitrogens with zero attached hydrogens (tertiary/aromatic N) is 1. The molecule has 0 bridgehead atoms. The summed E-state index contributed by atoms with van der Waals surface area (Å²) in [5.41, 5.74) is 2.29. The van der Waals surface area contributed by atoms with Crippen LogP contribution in [0.15, 0.2) is 89.8 Å². The summed E-state index contributed by atoms with van der Waals surface area (Å²) >= 11 is 0. The van der Waals surface area contributed by atoms with Crippen LogP contribution < -0.4 is 4.18 Å². The van der Waals surface area contributed by atoms with Crippen LogP contribution in [0.4, 0.5) is 0 Å². The van der Waals surface area contributed by atoms with E-state index in [1.54, 1.807) is 30.3 Å². The van der Waals surface area contributed by atoms with E-state index in [4.69, 9.17) is 8.92 Å². The van der Waals surface area contributed by atoms with Crippen LogP contribution in [0.1, 0.15) is 30.2 Å². The summed E-state index contributed by atoms with van der Waals surface area (Å²) in [7, 11) is -3.84. The maximum Gasteiger partial charge on any atom is 0.339 e. The molecule has 6 heteroatoms. The number of hydrogen-bond donors (Lipinski definition) is 0. The Morgan fingerprint density at radius 2 is 1.57 bits per heavy atom. The first-order valence-electron chi connectivity index (χ1n) is 10.0. The molecule has 2 atom stereocenters. The first-order chi connectivity index (χ1) is 14.5. The van der Waals surface area contributed by atoms with Gasteiger partial charge in [-0.1, -0.05) is 60.7 Å². The van der Waals surface area contributed by atoms with Crippen molar-refractivity contribution in [2.75, 3.05) is 19.7 Å². The zero-order valence-corrected chi connectivity index (χ0v) is 17.7. The molecule has 1 aliphatic heterocycles. The summed E-state index contributed by atoms with van der Waals surface area (Å²) in [4.78, 5) is 2.54. The quantitative estimate of drug-likeness (QED) is 0.543. The SMILES string of the molecule is C[C@H](c1ccccc1)N1CCO[C@H](c2ccc(OS(=O)(=O)c3ccccc3)cc2)C1. The molecule has 0 aliphatic carbocycles. The van der Waals surface area contributed by atoms with Crippen molar-refractivity contribution in [2.24, 2.45) is 0 Å². The van der Waals surface area contributed by atoms with Crippen LogP contribution >= 0.6 is 0 Å². The maximum absolute atomic E-state index is 12.4. The number of rotatable bonds is 6. The molecule has 0 amide bonds. The molecule has 30 heavy (non-hydrogen) atoms. The van der Waals surface area contributed by atoms with E-state index in [1.807, 2.05) is 18.2 Å². The van der Waals surface area contributed by atoms with Gasteiger partial charge in [-0.2, -0.15) is 8.42 Å². The largest absolute Gasteiger partial charge is 0.379 e. The summed E-state index contributed by atoms with van der Waals surface area (Å²) in [5, 5.41) is 0. The van der Waals surface area contributed by atoms with Gasteiger partial charge in [0.15, 0.2) is 0 Å². The van der Waals surface area contributed by atoms with Crippen LogP contribution in [0.3, 0.4) is 0 Å². The summed E-state index contributed by atoms with van der Waals surface area (Å²) < 4.78 is 36.0. The van der Waals surface area contributed by atoms with Gasteiger partial charge in [0.05, 0.1) is 12.7 Å². The zero-order chi connectivity index (χ0) is 21.0. The second-order valence-electron chi connectivity index (χ2n) is 7.36. The Balaban J connectivity index is 1.43. The smallest absolute Gasteiger partial charge is 0.339 e. The lowest BCUT2D eigenvalue weighted by molar-refractivity contribution is -0.0431. The third-order valence-corrected chi connectivity index (χ3v) is 6.68. The number of hydrogen-bond acceptors (Lipinski definition) is 5. The molecule has 1 saturated heterocycles. The Morgan fingerprint density at radius 3 is 2.23 bits per heavy atom. The van der Waals surface area contributed by atoms with E-state index < -0.39 is 10.1 Å². The van der Waals surface area contributed by atoms with Gasteiger partial charge in [-0.15, -0.1) is 0 Å². The highest BCUT2D eigenvalue weighted by molar-refractivity contribution is 7.87. The molecule has 3 aromatic rings. The molecular weight excluding hydrogens is 398 g/mol. The molecule has 0 saturated carbocycles. The van der Waals surface area contributed by atoms with Gasteiger partial charge in [-0.05, 0) is 42.3 Å². The van der Waals surface area contributed by atoms with Crippen molar-refractivity contribution < 1.29 is 17.3 Å². The second kappa shape index (κ2) is 9.00. The standard InChI is InChI=1S/C24H25NO4S/c1-19(20-8-4-2-5-9-20)25-16-17-28-24(18-25)21-12-14-22(15-13-21)29-30(26,27)23-10-6-3-7-11-23/h2-15,19,24H,16-18H2,1H3/t19-,24+/m1/s1. The van der Waals surface area contributed by atoms with Crippen LogP contribution in [0, 0.1) is 0 Å². The van der Waals surface area contributed by atoms with Gasteiger partial charge in [0.25, 0.3) is 0 Å². The average molecular weight is 424 g/mol. The molecule has 3 aromatic carbocycles. The van der Waals surface area contributed by atoms with Gasteiger partial charge >= 0.3 is 10.1 Å². The summed E-state index contributed by atoms with van der Waals surface area (Å²) in [5.74, 6) is 0.285. The van der Waals surface area contributed by atoms with Crippen LogP contribution in [0.5, 0.6) is 5.75 Å². The predicted octanol–water partition coefficient (Wildman–Crippen LogP) is 4.59. The molecular formula is C24H25NO4S. The molecule has 1 fully saturated rings. The van der Waals surface area contributed by atoms with E-state index in [2.05, 4.69) is 36.1 Å². The fraction of sp³-hybridized carbons (Fsp3) is 0.250. The van der Waals surface area contributed by atoms with Gasteiger partial charge in [-0.25, -0.2) is 0 Å². The third kappa shape index (κ3) is 4.73. The lowest BCUT2D eigenvalue weighted by Gasteiger charge is -2.37. The van der Waals surface area contributed by atoms with Crippen molar-refractivity contribution in [3.05, 3.63) is 96.1 Å². The van der Waals surface area contributed by atoms with Crippen molar-refractivity contribution >= 4 is 10.1 Å². The molecule has 0 N–H and O–H groups in total. The molecule has 0 spiro atoms. The Morgan fingerprint density at radius 1 is 0.933 bits per heavy atom. The molecule has 1 aliphatic rings. The average Bonchev–Trinajstić information content (AvgIpc) is 2.80. The summed E-state index contributed by atoms with van der Waals surface area (Å²) in [6, 6.07) is 26.0. The Hall–Kier alpha value is -2.67. The van der Waals surface area contributed by atoms with E-state index >= 15 is 0 Å². The highest BCUT2D eigenvalue weighted by Crippen LogP contribution is 2.30. The van der Waals surface area contributed by atoms with Crippen molar-refractivity contribution in [3.63, 3.8) is 0 Å². The highest BCUT2D eigenvalue weighted by atomic mass is 32.2.